The molecule has 0 radical (unpaired) electrons. The van der Waals surface area contributed by atoms with Gasteiger partial charge >= 0.3 is 0 Å². The number of hydrogen-bond donors (Lipinski definition) is 1. The lowest BCUT2D eigenvalue weighted by Crippen LogP contribution is -2.15. The molecular weight excluding hydrogens is 292 g/mol. The molecule has 1 amide bonds. The summed E-state index contributed by atoms with van der Waals surface area (Å²) in [4.78, 5) is 19.8. The van der Waals surface area contributed by atoms with Crippen molar-refractivity contribution in [1.82, 2.24) is 9.97 Å². The lowest BCUT2D eigenvalue weighted by molar-refractivity contribution is 0.102. The van der Waals surface area contributed by atoms with Crippen LogP contribution in [0.4, 0.5) is 10.3 Å². The Balaban J connectivity index is 2.28. The van der Waals surface area contributed by atoms with Gasteiger partial charge < -0.3 is 0 Å². The molecule has 1 N–H and O–H groups in total. The van der Waals surface area contributed by atoms with Crippen LogP contribution >= 0.6 is 23.2 Å². The van der Waals surface area contributed by atoms with Gasteiger partial charge in [0.25, 0.3) is 5.91 Å². The highest BCUT2D eigenvalue weighted by molar-refractivity contribution is 6.37. The molecule has 2 aromatic rings. The predicted molar refractivity (Wildman–Crippen MR) is 71.1 cm³/mol. The van der Waals surface area contributed by atoms with Gasteiger partial charge in [0, 0.05) is 11.9 Å². The average molecular weight is 300 g/mol. The molecule has 0 saturated carbocycles. The van der Waals surface area contributed by atoms with Crippen LogP contribution in [0.3, 0.4) is 0 Å². The Morgan fingerprint density at radius 3 is 2.74 bits per heavy atom. The van der Waals surface area contributed by atoms with Crippen LogP contribution in [-0.4, -0.2) is 15.9 Å². The van der Waals surface area contributed by atoms with Crippen molar-refractivity contribution < 1.29 is 9.18 Å². The van der Waals surface area contributed by atoms with Gasteiger partial charge in [0.1, 0.15) is 5.82 Å². The number of nitrogens with zero attached hydrogens (tertiary/aromatic N) is 2. The van der Waals surface area contributed by atoms with Gasteiger partial charge in [0.2, 0.25) is 5.95 Å². The molecule has 2 rings (SSSR count). The van der Waals surface area contributed by atoms with Gasteiger partial charge in [-0.2, -0.15) is 0 Å². The number of carbonyl (C=O) groups is 1. The van der Waals surface area contributed by atoms with Crippen molar-refractivity contribution in [2.45, 2.75) is 6.92 Å². The molecular formula is C12H8Cl2FN3O. The van der Waals surface area contributed by atoms with Crippen LogP contribution in [0.25, 0.3) is 0 Å². The van der Waals surface area contributed by atoms with E-state index in [9.17, 15) is 9.18 Å². The summed E-state index contributed by atoms with van der Waals surface area (Å²) in [6, 6.07) is 3.82. The molecule has 1 aromatic carbocycles. The number of rotatable bonds is 2. The maximum atomic E-state index is 13.3. The normalized spacial score (nSPS) is 10.3. The Morgan fingerprint density at radius 1 is 1.32 bits per heavy atom. The zero-order valence-corrected chi connectivity index (χ0v) is 11.3. The molecule has 1 aromatic heterocycles. The number of benzene rings is 1. The molecule has 19 heavy (non-hydrogen) atoms. The zero-order valence-electron chi connectivity index (χ0n) is 9.75. The van der Waals surface area contributed by atoms with Gasteiger partial charge in [-0.3, -0.25) is 10.1 Å². The summed E-state index contributed by atoms with van der Waals surface area (Å²) >= 11 is 11.4. The SMILES string of the molecule is Cc1ccnc(NC(=O)c2cc(F)c(Cl)cc2Cl)n1. The summed E-state index contributed by atoms with van der Waals surface area (Å²) in [5.41, 5.74) is 0.660. The first-order valence-corrected chi connectivity index (χ1v) is 5.98. The van der Waals surface area contributed by atoms with Gasteiger partial charge in [0.15, 0.2) is 0 Å². The second-order valence-corrected chi connectivity index (χ2v) is 4.54. The first kappa shape index (κ1) is 13.7. The smallest absolute Gasteiger partial charge is 0.259 e. The first-order chi connectivity index (χ1) is 8.97. The van der Waals surface area contributed by atoms with Gasteiger partial charge in [-0.1, -0.05) is 23.2 Å². The number of anilines is 1. The minimum Gasteiger partial charge on any atom is -0.290 e. The fraction of sp³-hybridized carbons (Fsp3) is 0.0833. The number of amides is 1. The molecule has 4 nitrogen and oxygen atoms in total. The standard InChI is InChI=1S/C12H8Cl2FN3O/c1-6-2-3-16-12(17-6)18-11(19)7-4-10(15)9(14)5-8(7)13/h2-5H,1H3,(H,16,17,18,19). The summed E-state index contributed by atoms with van der Waals surface area (Å²) in [5.74, 6) is -1.20. The maximum absolute atomic E-state index is 13.3. The van der Waals surface area contributed by atoms with Crippen LogP contribution in [0.2, 0.25) is 10.0 Å². The lowest BCUT2D eigenvalue weighted by atomic mass is 10.2. The number of aryl methyl sites for hydroxylation is 1. The number of aromatic nitrogens is 2. The zero-order chi connectivity index (χ0) is 14.0. The average Bonchev–Trinajstić information content (AvgIpc) is 2.33. The fourth-order valence-corrected chi connectivity index (χ4v) is 1.84. The quantitative estimate of drug-likeness (QED) is 0.864. The summed E-state index contributed by atoms with van der Waals surface area (Å²) in [6.45, 7) is 1.76. The third-order valence-corrected chi connectivity index (χ3v) is 2.88. The highest BCUT2D eigenvalue weighted by atomic mass is 35.5. The van der Waals surface area contributed by atoms with Crippen molar-refractivity contribution >= 4 is 35.1 Å². The number of carbonyl (C=O) groups excluding carboxylic acids is 1. The molecule has 1 heterocycles. The third-order valence-electron chi connectivity index (χ3n) is 2.27. The summed E-state index contributed by atoms with van der Waals surface area (Å²) < 4.78 is 13.3. The summed E-state index contributed by atoms with van der Waals surface area (Å²) in [5, 5.41) is 2.34. The minimum atomic E-state index is -0.721. The minimum absolute atomic E-state index is 0.0336. The maximum Gasteiger partial charge on any atom is 0.259 e. The van der Waals surface area contributed by atoms with E-state index in [4.69, 9.17) is 23.2 Å². The van der Waals surface area contributed by atoms with Gasteiger partial charge in [0.05, 0.1) is 15.6 Å². The second kappa shape index (κ2) is 5.50. The van der Waals surface area contributed by atoms with Crippen molar-refractivity contribution in [3.05, 3.63) is 51.5 Å². The van der Waals surface area contributed by atoms with Gasteiger partial charge in [-0.15, -0.1) is 0 Å². The fourth-order valence-electron chi connectivity index (χ4n) is 1.37. The van der Waals surface area contributed by atoms with Crippen LogP contribution in [0.5, 0.6) is 0 Å². The van der Waals surface area contributed by atoms with Crippen LogP contribution < -0.4 is 5.32 Å². The molecule has 0 saturated heterocycles. The van der Waals surface area contributed by atoms with Gasteiger partial charge in [-0.05, 0) is 25.1 Å². The molecule has 0 aliphatic rings. The van der Waals surface area contributed by atoms with E-state index in [1.807, 2.05) is 0 Å². The molecule has 0 fully saturated rings. The van der Waals surface area contributed by atoms with Crippen molar-refractivity contribution in [3.8, 4) is 0 Å². The molecule has 0 bridgehead atoms. The predicted octanol–water partition coefficient (Wildman–Crippen LogP) is 3.48. The molecule has 0 atom stereocenters. The molecule has 0 unspecified atom stereocenters. The van der Waals surface area contributed by atoms with Crippen LogP contribution in [0.15, 0.2) is 24.4 Å². The van der Waals surface area contributed by atoms with E-state index in [0.29, 0.717) is 5.69 Å². The topological polar surface area (TPSA) is 54.9 Å². The van der Waals surface area contributed by atoms with E-state index in [1.54, 1.807) is 13.0 Å². The second-order valence-electron chi connectivity index (χ2n) is 3.72. The van der Waals surface area contributed by atoms with E-state index in [0.717, 1.165) is 6.07 Å². The van der Waals surface area contributed by atoms with Crippen LogP contribution in [-0.2, 0) is 0 Å². The summed E-state index contributed by atoms with van der Waals surface area (Å²) in [7, 11) is 0. The molecule has 0 aliphatic carbocycles. The Morgan fingerprint density at radius 2 is 2.05 bits per heavy atom. The lowest BCUT2D eigenvalue weighted by Gasteiger charge is -2.06. The Kier molecular flexibility index (Phi) is 3.97. The molecule has 0 aliphatic heterocycles. The Bertz CT molecular complexity index is 649. The van der Waals surface area contributed by atoms with E-state index in [1.165, 1.54) is 12.3 Å². The van der Waals surface area contributed by atoms with Crippen molar-refractivity contribution in [2.24, 2.45) is 0 Å². The van der Waals surface area contributed by atoms with E-state index in [-0.39, 0.29) is 21.6 Å². The third kappa shape index (κ3) is 3.19. The molecule has 7 heteroatoms. The number of hydrogen-bond acceptors (Lipinski definition) is 3. The Hall–Kier alpha value is -1.72. The van der Waals surface area contributed by atoms with E-state index >= 15 is 0 Å². The van der Waals surface area contributed by atoms with Crippen molar-refractivity contribution in [2.75, 3.05) is 5.32 Å². The molecule has 98 valence electrons. The number of nitrogens with one attached hydrogen (secondary N) is 1. The first-order valence-electron chi connectivity index (χ1n) is 5.23. The number of halogens is 3. The van der Waals surface area contributed by atoms with Crippen molar-refractivity contribution in [1.29, 1.82) is 0 Å². The Labute approximate surface area is 118 Å². The van der Waals surface area contributed by atoms with Crippen molar-refractivity contribution in [3.63, 3.8) is 0 Å². The van der Waals surface area contributed by atoms with E-state index < -0.39 is 11.7 Å². The summed E-state index contributed by atoms with van der Waals surface area (Å²) in [6.07, 6.45) is 1.50. The monoisotopic (exact) mass is 299 g/mol. The van der Waals surface area contributed by atoms with Gasteiger partial charge in [-0.25, -0.2) is 14.4 Å². The highest BCUT2D eigenvalue weighted by Gasteiger charge is 2.15. The largest absolute Gasteiger partial charge is 0.290 e. The van der Waals surface area contributed by atoms with E-state index in [2.05, 4.69) is 15.3 Å². The highest BCUT2D eigenvalue weighted by Crippen LogP contribution is 2.24. The van der Waals surface area contributed by atoms with Crippen LogP contribution in [0, 0.1) is 12.7 Å². The van der Waals surface area contributed by atoms with Crippen LogP contribution in [0.1, 0.15) is 16.1 Å². The molecule has 0 spiro atoms.